The van der Waals surface area contributed by atoms with Crippen molar-refractivity contribution in [3.05, 3.63) is 75.1 Å². The number of likely N-dealkylation sites (tertiary alicyclic amines) is 1. The zero-order chi connectivity index (χ0) is 20.8. The number of ether oxygens (including phenoxy) is 1. The minimum absolute atomic E-state index is 0.286. The fraction of sp³-hybridized carbons (Fsp3) is 0.375. The fourth-order valence-corrected chi connectivity index (χ4v) is 4.20. The monoisotopic (exact) mass is 470 g/mol. The molecule has 1 aliphatic heterocycles. The SMILES string of the molecule is O=c1oc2cc(Br)ccc2cc1OCCCN1CCC(NCc2ccccc2)CC1. The van der Waals surface area contributed by atoms with E-state index in [0.29, 0.717) is 18.2 Å². The Bertz CT molecular complexity index is 1010. The summed E-state index contributed by atoms with van der Waals surface area (Å²) in [7, 11) is 0. The lowest BCUT2D eigenvalue weighted by molar-refractivity contribution is 0.180. The Morgan fingerprint density at radius 3 is 2.70 bits per heavy atom. The van der Waals surface area contributed by atoms with Crippen molar-refractivity contribution in [2.75, 3.05) is 26.2 Å². The molecular formula is C24H27BrN2O3. The second-order valence-electron chi connectivity index (χ2n) is 7.76. The summed E-state index contributed by atoms with van der Waals surface area (Å²) in [5.41, 5.74) is 1.47. The maximum atomic E-state index is 12.1. The molecule has 0 aliphatic carbocycles. The Morgan fingerprint density at radius 2 is 1.90 bits per heavy atom. The molecule has 1 saturated heterocycles. The van der Waals surface area contributed by atoms with Gasteiger partial charge in [0.15, 0.2) is 0 Å². The first kappa shape index (κ1) is 21.1. The van der Waals surface area contributed by atoms with Crippen LogP contribution in [0.4, 0.5) is 0 Å². The summed E-state index contributed by atoms with van der Waals surface area (Å²) in [5, 5.41) is 4.53. The van der Waals surface area contributed by atoms with Crippen molar-refractivity contribution in [3.63, 3.8) is 0 Å². The van der Waals surface area contributed by atoms with Gasteiger partial charge in [-0.2, -0.15) is 0 Å². The number of fused-ring (bicyclic) bond motifs is 1. The van der Waals surface area contributed by atoms with Crippen LogP contribution in [-0.4, -0.2) is 37.2 Å². The molecule has 0 bridgehead atoms. The summed E-state index contributed by atoms with van der Waals surface area (Å²) in [6.45, 7) is 4.62. The molecule has 1 aromatic heterocycles. The molecule has 0 saturated carbocycles. The van der Waals surface area contributed by atoms with Crippen molar-refractivity contribution < 1.29 is 9.15 Å². The quantitative estimate of drug-likeness (QED) is 0.385. The van der Waals surface area contributed by atoms with Gasteiger partial charge in [-0.3, -0.25) is 0 Å². The van der Waals surface area contributed by atoms with Gasteiger partial charge in [-0.1, -0.05) is 46.3 Å². The van der Waals surface area contributed by atoms with Crippen LogP contribution < -0.4 is 15.7 Å². The van der Waals surface area contributed by atoms with E-state index in [2.05, 4.69) is 56.5 Å². The van der Waals surface area contributed by atoms with E-state index in [9.17, 15) is 4.79 Å². The third-order valence-electron chi connectivity index (χ3n) is 5.57. The molecule has 0 unspecified atom stereocenters. The number of nitrogens with zero attached hydrogens (tertiary/aromatic N) is 1. The highest BCUT2D eigenvalue weighted by molar-refractivity contribution is 9.10. The van der Waals surface area contributed by atoms with E-state index in [4.69, 9.17) is 9.15 Å². The third-order valence-corrected chi connectivity index (χ3v) is 6.06. The maximum Gasteiger partial charge on any atom is 0.379 e. The van der Waals surface area contributed by atoms with Crippen molar-refractivity contribution in [2.45, 2.75) is 31.8 Å². The van der Waals surface area contributed by atoms with Crippen LogP contribution in [0.15, 0.2) is 68.3 Å². The van der Waals surface area contributed by atoms with Crippen molar-refractivity contribution >= 4 is 26.9 Å². The topological polar surface area (TPSA) is 54.7 Å². The molecule has 6 heteroatoms. The number of piperidine rings is 1. The highest BCUT2D eigenvalue weighted by Crippen LogP contribution is 2.21. The van der Waals surface area contributed by atoms with Crippen molar-refractivity contribution in [1.29, 1.82) is 0 Å². The zero-order valence-corrected chi connectivity index (χ0v) is 18.6. The predicted molar refractivity (Wildman–Crippen MR) is 123 cm³/mol. The van der Waals surface area contributed by atoms with Crippen LogP contribution in [0.2, 0.25) is 0 Å². The molecule has 0 spiro atoms. The Balaban J connectivity index is 1.17. The average Bonchev–Trinajstić information content (AvgIpc) is 2.77. The minimum Gasteiger partial charge on any atom is -0.486 e. The van der Waals surface area contributed by atoms with Gasteiger partial charge in [0.1, 0.15) is 5.58 Å². The summed E-state index contributed by atoms with van der Waals surface area (Å²) in [6, 6.07) is 18.5. The van der Waals surface area contributed by atoms with Gasteiger partial charge in [0.25, 0.3) is 0 Å². The first-order chi connectivity index (χ1) is 14.7. The van der Waals surface area contributed by atoms with Crippen molar-refractivity contribution in [3.8, 4) is 5.75 Å². The highest BCUT2D eigenvalue weighted by atomic mass is 79.9. The van der Waals surface area contributed by atoms with E-state index in [1.165, 1.54) is 5.56 Å². The van der Waals surface area contributed by atoms with Gasteiger partial charge in [-0.15, -0.1) is 0 Å². The van der Waals surface area contributed by atoms with Gasteiger partial charge in [0, 0.05) is 29.0 Å². The van der Waals surface area contributed by atoms with Gasteiger partial charge >= 0.3 is 5.63 Å². The van der Waals surface area contributed by atoms with E-state index in [1.807, 2.05) is 12.1 Å². The molecule has 1 fully saturated rings. The van der Waals surface area contributed by atoms with Gasteiger partial charge in [0.05, 0.1) is 6.61 Å². The molecule has 0 radical (unpaired) electrons. The zero-order valence-electron chi connectivity index (χ0n) is 17.0. The van der Waals surface area contributed by atoms with Crippen LogP contribution >= 0.6 is 15.9 Å². The molecular weight excluding hydrogens is 444 g/mol. The van der Waals surface area contributed by atoms with Crippen molar-refractivity contribution in [2.24, 2.45) is 0 Å². The minimum atomic E-state index is -0.425. The van der Waals surface area contributed by atoms with Crippen LogP contribution in [-0.2, 0) is 6.54 Å². The Hall–Kier alpha value is -2.15. The number of benzene rings is 2. The number of halogens is 1. The molecule has 1 aliphatic rings. The van der Waals surface area contributed by atoms with Crippen LogP contribution in [0, 0.1) is 0 Å². The van der Waals surface area contributed by atoms with Gasteiger partial charge < -0.3 is 19.4 Å². The third kappa shape index (κ3) is 5.72. The molecule has 3 aromatic rings. The smallest absolute Gasteiger partial charge is 0.379 e. The first-order valence-corrected chi connectivity index (χ1v) is 11.3. The number of nitrogens with one attached hydrogen (secondary N) is 1. The van der Waals surface area contributed by atoms with E-state index in [1.54, 1.807) is 12.1 Å². The molecule has 5 nitrogen and oxygen atoms in total. The van der Waals surface area contributed by atoms with E-state index in [0.717, 1.165) is 55.3 Å². The normalized spacial score (nSPS) is 15.5. The molecule has 0 atom stereocenters. The average molecular weight is 471 g/mol. The first-order valence-electron chi connectivity index (χ1n) is 10.5. The van der Waals surface area contributed by atoms with Gasteiger partial charge in [-0.05, 0) is 62.2 Å². The van der Waals surface area contributed by atoms with Crippen LogP contribution in [0.1, 0.15) is 24.8 Å². The molecule has 1 N–H and O–H groups in total. The van der Waals surface area contributed by atoms with Crippen LogP contribution in [0.5, 0.6) is 5.75 Å². The highest BCUT2D eigenvalue weighted by Gasteiger charge is 2.18. The molecule has 2 heterocycles. The summed E-state index contributed by atoms with van der Waals surface area (Å²) >= 11 is 3.39. The van der Waals surface area contributed by atoms with Crippen LogP contribution in [0.25, 0.3) is 11.0 Å². The molecule has 158 valence electrons. The second-order valence-corrected chi connectivity index (χ2v) is 8.68. The Labute approximate surface area is 185 Å². The van der Waals surface area contributed by atoms with E-state index < -0.39 is 5.63 Å². The number of hydrogen-bond donors (Lipinski definition) is 1. The predicted octanol–water partition coefficient (Wildman–Crippen LogP) is 4.58. The van der Waals surface area contributed by atoms with Gasteiger partial charge in [0.2, 0.25) is 5.75 Å². The van der Waals surface area contributed by atoms with E-state index >= 15 is 0 Å². The van der Waals surface area contributed by atoms with E-state index in [-0.39, 0.29) is 5.75 Å². The summed E-state index contributed by atoms with van der Waals surface area (Å²) in [4.78, 5) is 14.6. The second kappa shape index (κ2) is 10.2. The Kier molecular flexibility index (Phi) is 7.20. The largest absolute Gasteiger partial charge is 0.486 e. The van der Waals surface area contributed by atoms with Crippen LogP contribution in [0.3, 0.4) is 0 Å². The lowest BCUT2D eigenvalue weighted by Crippen LogP contribution is -2.42. The number of rotatable bonds is 8. The molecule has 0 amide bonds. The lowest BCUT2D eigenvalue weighted by atomic mass is 10.0. The number of hydrogen-bond acceptors (Lipinski definition) is 5. The summed E-state index contributed by atoms with van der Waals surface area (Å²) in [6.07, 6.45) is 3.22. The lowest BCUT2D eigenvalue weighted by Gasteiger charge is -2.32. The standard InChI is InChI=1S/C24H27BrN2O3/c25-20-8-7-19-15-23(24(28)30-22(19)16-20)29-14-4-11-27-12-9-21(10-13-27)26-17-18-5-2-1-3-6-18/h1-3,5-8,15-16,21,26H,4,9-14,17H2. The Morgan fingerprint density at radius 1 is 1.10 bits per heavy atom. The van der Waals surface area contributed by atoms with Gasteiger partial charge in [-0.25, -0.2) is 4.79 Å². The molecule has 30 heavy (non-hydrogen) atoms. The fourth-order valence-electron chi connectivity index (χ4n) is 3.86. The molecule has 4 rings (SSSR count). The molecule has 2 aromatic carbocycles. The van der Waals surface area contributed by atoms with Crippen molar-refractivity contribution in [1.82, 2.24) is 10.2 Å². The summed E-state index contributed by atoms with van der Waals surface area (Å²) < 4.78 is 12.0. The maximum absolute atomic E-state index is 12.1. The summed E-state index contributed by atoms with van der Waals surface area (Å²) in [5.74, 6) is 0.286.